The second-order valence-electron chi connectivity index (χ2n) is 3.54. The lowest BCUT2D eigenvalue weighted by atomic mass is 9.93. The minimum Gasteiger partial charge on any atom is -0.358 e. The van der Waals surface area contributed by atoms with Crippen molar-refractivity contribution in [2.75, 3.05) is 5.32 Å². The van der Waals surface area contributed by atoms with Crippen molar-refractivity contribution in [3.63, 3.8) is 0 Å². The Labute approximate surface area is 82.8 Å². The first kappa shape index (κ1) is 8.94. The zero-order chi connectivity index (χ0) is 9.10. The molecule has 0 amide bonds. The van der Waals surface area contributed by atoms with E-state index < -0.39 is 0 Å². The van der Waals surface area contributed by atoms with Crippen LogP contribution in [0.2, 0.25) is 0 Å². The zero-order valence-electron chi connectivity index (χ0n) is 7.92. The molecule has 0 aliphatic heterocycles. The number of hydrogen-bond donors (Lipinski definition) is 1. The van der Waals surface area contributed by atoms with Gasteiger partial charge >= 0.3 is 0 Å². The van der Waals surface area contributed by atoms with Crippen LogP contribution in [0, 0.1) is 0 Å². The maximum absolute atomic E-state index is 4.42. The zero-order valence-corrected chi connectivity index (χ0v) is 8.73. The molecule has 1 aromatic rings. The van der Waals surface area contributed by atoms with Gasteiger partial charge in [0.05, 0.1) is 0 Å². The van der Waals surface area contributed by atoms with Gasteiger partial charge in [-0.15, -0.1) is 0 Å². The van der Waals surface area contributed by atoms with Gasteiger partial charge in [-0.2, -0.15) is 4.37 Å². The molecule has 72 valence electrons. The van der Waals surface area contributed by atoms with Crippen LogP contribution in [0.25, 0.3) is 0 Å². The minimum absolute atomic E-state index is 0.669. The van der Waals surface area contributed by atoms with Crippen LogP contribution in [0.1, 0.15) is 38.4 Å². The Morgan fingerprint density at radius 1 is 1.54 bits per heavy atom. The molecule has 0 bridgehead atoms. The average Bonchev–Trinajstić information content (AvgIpc) is 2.46. The molecule has 0 aromatic carbocycles. The summed E-state index contributed by atoms with van der Waals surface area (Å²) >= 11 is 1.49. The van der Waals surface area contributed by atoms with E-state index in [0.717, 1.165) is 23.8 Å². The molecule has 1 heterocycles. The lowest BCUT2D eigenvalue weighted by Crippen LogP contribution is -2.26. The monoisotopic (exact) mass is 197 g/mol. The fourth-order valence-electron chi connectivity index (χ4n) is 1.36. The lowest BCUT2D eigenvalue weighted by molar-refractivity contribution is 0.445. The van der Waals surface area contributed by atoms with E-state index >= 15 is 0 Å². The molecule has 1 aliphatic carbocycles. The molecular weight excluding hydrogens is 182 g/mol. The van der Waals surface area contributed by atoms with E-state index in [0.29, 0.717) is 6.04 Å². The van der Waals surface area contributed by atoms with E-state index in [1.807, 2.05) is 0 Å². The third kappa shape index (κ3) is 2.18. The highest BCUT2D eigenvalue weighted by Crippen LogP contribution is 2.24. The second-order valence-corrected chi connectivity index (χ2v) is 4.29. The topological polar surface area (TPSA) is 37.8 Å². The standard InChI is InChI=1S/C9H15N3S/c1-2-4-8-11-9(13-12-8)10-7-5-3-6-7/h7H,2-6H2,1H3,(H,10,11,12). The summed E-state index contributed by atoms with van der Waals surface area (Å²) in [6.45, 7) is 2.15. The predicted molar refractivity (Wildman–Crippen MR) is 55.2 cm³/mol. The summed E-state index contributed by atoms with van der Waals surface area (Å²) in [5.41, 5.74) is 0. The van der Waals surface area contributed by atoms with E-state index in [1.165, 1.54) is 30.8 Å². The summed E-state index contributed by atoms with van der Waals surface area (Å²) in [4.78, 5) is 4.42. The van der Waals surface area contributed by atoms with Crippen molar-refractivity contribution < 1.29 is 0 Å². The van der Waals surface area contributed by atoms with Gasteiger partial charge in [-0.3, -0.25) is 0 Å². The number of aryl methyl sites for hydroxylation is 1. The largest absolute Gasteiger partial charge is 0.358 e. The van der Waals surface area contributed by atoms with Crippen LogP contribution in [0.4, 0.5) is 5.13 Å². The summed E-state index contributed by atoms with van der Waals surface area (Å²) in [5, 5.41) is 4.41. The van der Waals surface area contributed by atoms with Gasteiger partial charge < -0.3 is 5.32 Å². The van der Waals surface area contributed by atoms with Crippen LogP contribution in [-0.2, 0) is 6.42 Å². The van der Waals surface area contributed by atoms with Crippen LogP contribution >= 0.6 is 11.5 Å². The Morgan fingerprint density at radius 2 is 2.38 bits per heavy atom. The van der Waals surface area contributed by atoms with Crippen molar-refractivity contribution in [1.82, 2.24) is 9.36 Å². The average molecular weight is 197 g/mol. The van der Waals surface area contributed by atoms with E-state index in [4.69, 9.17) is 0 Å². The highest BCUT2D eigenvalue weighted by atomic mass is 32.1. The molecule has 0 spiro atoms. The van der Waals surface area contributed by atoms with Crippen molar-refractivity contribution in [2.24, 2.45) is 0 Å². The molecule has 1 aromatic heterocycles. The van der Waals surface area contributed by atoms with Gasteiger partial charge in [0.25, 0.3) is 0 Å². The molecule has 1 fully saturated rings. The van der Waals surface area contributed by atoms with E-state index in [-0.39, 0.29) is 0 Å². The SMILES string of the molecule is CCCc1nsc(NC2CCC2)n1. The van der Waals surface area contributed by atoms with E-state index in [2.05, 4.69) is 21.6 Å². The number of hydrogen-bond acceptors (Lipinski definition) is 4. The number of aromatic nitrogens is 2. The first-order valence-corrected chi connectivity index (χ1v) is 5.75. The number of anilines is 1. The Kier molecular flexibility index (Phi) is 2.78. The molecule has 0 radical (unpaired) electrons. The first-order valence-electron chi connectivity index (χ1n) is 4.97. The third-order valence-corrected chi connectivity index (χ3v) is 3.06. The molecule has 0 atom stereocenters. The Hall–Kier alpha value is -0.640. The summed E-state index contributed by atoms with van der Waals surface area (Å²) in [6, 6.07) is 0.669. The van der Waals surface area contributed by atoms with Gasteiger partial charge in [-0.05, 0) is 25.7 Å². The summed E-state index contributed by atoms with van der Waals surface area (Å²) < 4.78 is 4.29. The second kappa shape index (κ2) is 4.05. The molecule has 2 rings (SSSR count). The maximum atomic E-state index is 4.42. The molecule has 1 saturated carbocycles. The maximum Gasteiger partial charge on any atom is 0.202 e. The highest BCUT2D eigenvalue weighted by molar-refractivity contribution is 7.09. The molecule has 1 N–H and O–H groups in total. The smallest absolute Gasteiger partial charge is 0.202 e. The van der Waals surface area contributed by atoms with Gasteiger partial charge in [0.1, 0.15) is 5.82 Å². The fourth-order valence-corrected chi connectivity index (χ4v) is 2.05. The van der Waals surface area contributed by atoms with Crippen molar-refractivity contribution in [2.45, 2.75) is 45.1 Å². The third-order valence-electron chi connectivity index (χ3n) is 2.37. The van der Waals surface area contributed by atoms with Gasteiger partial charge in [-0.25, -0.2) is 4.98 Å². The number of nitrogens with zero attached hydrogens (tertiary/aromatic N) is 2. The summed E-state index contributed by atoms with van der Waals surface area (Å²) in [6.07, 6.45) is 6.08. The highest BCUT2D eigenvalue weighted by Gasteiger charge is 2.18. The van der Waals surface area contributed by atoms with Crippen molar-refractivity contribution >= 4 is 16.7 Å². The van der Waals surface area contributed by atoms with E-state index in [9.17, 15) is 0 Å². The van der Waals surface area contributed by atoms with Crippen molar-refractivity contribution in [1.29, 1.82) is 0 Å². The lowest BCUT2D eigenvalue weighted by Gasteiger charge is -2.25. The molecular formula is C9H15N3S. The van der Waals surface area contributed by atoms with Crippen LogP contribution in [0.15, 0.2) is 0 Å². The molecule has 0 unspecified atom stereocenters. The predicted octanol–water partition coefficient (Wildman–Crippen LogP) is 2.46. The Morgan fingerprint density at radius 3 is 3.00 bits per heavy atom. The Bertz CT molecular complexity index is 268. The normalized spacial score (nSPS) is 17.0. The van der Waals surface area contributed by atoms with Crippen LogP contribution in [0.3, 0.4) is 0 Å². The molecule has 13 heavy (non-hydrogen) atoms. The van der Waals surface area contributed by atoms with Gasteiger partial charge in [0, 0.05) is 24.0 Å². The van der Waals surface area contributed by atoms with Crippen LogP contribution < -0.4 is 5.32 Å². The Balaban J connectivity index is 1.88. The fraction of sp³-hybridized carbons (Fsp3) is 0.778. The first-order chi connectivity index (χ1) is 6.38. The van der Waals surface area contributed by atoms with E-state index in [1.54, 1.807) is 0 Å². The summed E-state index contributed by atoms with van der Waals surface area (Å²) in [5.74, 6) is 0.995. The molecule has 1 aliphatic rings. The van der Waals surface area contributed by atoms with Gasteiger partial charge in [0.2, 0.25) is 5.13 Å². The van der Waals surface area contributed by atoms with Crippen molar-refractivity contribution in [3.8, 4) is 0 Å². The van der Waals surface area contributed by atoms with Gasteiger partial charge in [0.15, 0.2) is 0 Å². The minimum atomic E-state index is 0.669. The molecule has 0 saturated heterocycles. The number of nitrogens with one attached hydrogen (secondary N) is 1. The van der Waals surface area contributed by atoms with Crippen LogP contribution in [0.5, 0.6) is 0 Å². The summed E-state index contributed by atoms with van der Waals surface area (Å²) in [7, 11) is 0. The molecule has 3 nitrogen and oxygen atoms in total. The number of rotatable bonds is 4. The van der Waals surface area contributed by atoms with Crippen LogP contribution in [-0.4, -0.2) is 15.4 Å². The van der Waals surface area contributed by atoms with Crippen molar-refractivity contribution in [3.05, 3.63) is 5.82 Å². The quantitative estimate of drug-likeness (QED) is 0.805. The molecule has 4 heteroatoms. The van der Waals surface area contributed by atoms with Gasteiger partial charge in [-0.1, -0.05) is 6.92 Å².